The third-order valence-electron chi connectivity index (χ3n) is 7.04. The lowest BCUT2D eigenvalue weighted by molar-refractivity contribution is 0.0516. The Morgan fingerprint density at radius 3 is 2.71 bits per heavy atom. The molecule has 2 aliphatic heterocycles. The molecule has 2 aliphatic rings. The predicted molar refractivity (Wildman–Crippen MR) is 127 cm³/mol. The zero-order valence-electron chi connectivity index (χ0n) is 19.1. The van der Waals surface area contributed by atoms with Crippen LogP contribution >= 0.6 is 0 Å². The molecule has 0 aliphatic carbocycles. The molecule has 2 saturated heterocycles. The van der Waals surface area contributed by atoms with E-state index in [1.165, 1.54) is 22.3 Å². The summed E-state index contributed by atoms with van der Waals surface area (Å²) in [5, 5.41) is 9.67. The molecule has 0 amide bonds. The van der Waals surface area contributed by atoms with Crippen molar-refractivity contribution in [2.24, 2.45) is 5.92 Å². The van der Waals surface area contributed by atoms with E-state index in [0.29, 0.717) is 18.0 Å². The molecule has 2 heterocycles. The number of benzene rings is 2. The highest BCUT2D eigenvalue weighted by atomic mass is 16.3. The van der Waals surface area contributed by atoms with Gasteiger partial charge in [0.25, 0.3) is 0 Å². The Kier molecular flexibility index (Phi) is 7.75. The first-order valence-electron chi connectivity index (χ1n) is 11.8. The average Bonchev–Trinajstić information content (AvgIpc) is 3.23. The van der Waals surface area contributed by atoms with Gasteiger partial charge in [-0.05, 0) is 43.4 Å². The lowest BCUT2D eigenvalue weighted by Crippen LogP contribution is -2.55. The van der Waals surface area contributed by atoms with Gasteiger partial charge in [0.05, 0.1) is 6.04 Å². The molecule has 5 heteroatoms. The van der Waals surface area contributed by atoms with Crippen molar-refractivity contribution in [3.8, 4) is 0 Å². The van der Waals surface area contributed by atoms with Crippen LogP contribution in [0, 0.1) is 19.8 Å². The summed E-state index contributed by atoms with van der Waals surface area (Å²) in [6.45, 7) is 11.0. The number of aliphatic hydroxyl groups excluding tert-OH is 1. The van der Waals surface area contributed by atoms with Crippen LogP contribution in [0.25, 0.3) is 0 Å². The predicted octanol–water partition coefficient (Wildman–Crippen LogP) is 2.68. The third kappa shape index (κ3) is 5.73. The molecular formula is C26H38N4O. The molecule has 0 bridgehead atoms. The molecule has 3 N–H and O–H groups in total. The Morgan fingerprint density at radius 2 is 1.90 bits per heavy atom. The standard InChI is InChI=1S/C26H38N4O/c1-20-8-9-21(2)25(16-20)26-23(17-27-28-26)18-29-13-14-30(24(19-29)11-15-31)12-10-22-6-4-3-5-7-22/h3-9,16,23-24,26-28,31H,10-15,17-19H2,1-2H3. The second-order valence-electron chi connectivity index (χ2n) is 9.32. The number of nitrogens with one attached hydrogen (secondary N) is 2. The molecule has 2 fully saturated rings. The van der Waals surface area contributed by atoms with Gasteiger partial charge >= 0.3 is 0 Å². The SMILES string of the molecule is Cc1ccc(C)c(C2NNCC2CN2CCN(CCc3ccccc3)C(CCO)C2)c1. The van der Waals surface area contributed by atoms with Gasteiger partial charge < -0.3 is 10.0 Å². The van der Waals surface area contributed by atoms with Crippen LogP contribution in [-0.4, -0.2) is 66.8 Å². The average molecular weight is 423 g/mol. The van der Waals surface area contributed by atoms with Crippen molar-refractivity contribution < 1.29 is 5.11 Å². The Balaban J connectivity index is 1.36. The molecule has 0 aromatic heterocycles. The van der Waals surface area contributed by atoms with Gasteiger partial charge in [0.15, 0.2) is 0 Å². The first kappa shape index (κ1) is 22.4. The van der Waals surface area contributed by atoms with E-state index in [1.54, 1.807) is 0 Å². The molecule has 5 nitrogen and oxygen atoms in total. The molecule has 0 radical (unpaired) electrons. The Bertz CT molecular complexity index is 827. The maximum absolute atomic E-state index is 9.67. The number of hydrogen-bond acceptors (Lipinski definition) is 5. The summed E-state index contributed by atoms with van der Waals surface area (Å²) in [5.74, 6) is 0.547. The first-order valence-corrected chi connectivity index (χ1v) is 11.8. The number of rotatable bonds is 8. The van der Waals surface area contributed by atoms with Crippen molar-refractivity contribution in [2.45, 2.75) is 38.8 Å². The highest BCUT2D eigenvalue weighted by Gasteiger charge is 2.33. The summed E-state index contributed by atoms with van der Waals surface area (Å²) >= 11 is 0. The van der Waals surface area contributed by atoms with E-state index in [0.717, 1.165) is 52.1 Å². The van der Waals surface area contributed by atoms with E-state index in [4.69, 9.17) is 0 Å². The number of piperazine rings is 1. The van der Waals surface area contributed by atoms with Gasteiger partial charge in [-0.3, -0.25) is 10.3 Å². The first-order chi connectivity index (χ1) is 15.1. The molecule has 2 aromatic rings. The fourth-order valence-electron chi connectivity index (χ4n) is 5.22. The quantitative estimate of drug-likeness (QED) is 0.611. The Morgan fingerprint density at radius 1 is 1.06 bits per heavy atom. The second-order valence-corrected chi connectivity index (χ2v) is 9.32. The van der Waals surface area contributed by atoms with E-state index in [9.17, 15) is 5.11 Å². The maximum atomic E-state index is 9.67. The summed E-state index contributed by atoms with van der Waals surface area (Å²) in [5.41, 5.74) is 12.5. The third-order valence-corrected chi connectivity index (χ3v) is 7.04. The Hall–Kier alpha value is -1.76. The zero-order valence-corrected chi connectivity index (χ0v) is 19.1. The monoisotopic (exact) mass is 422 g/mol. The van der Waals surface area contributed by atoms with Gasteiger partial charge in [0.1, 0.15) is 0 Å². The number of hydrogen-bond donors (Lipinski definition) is 3. The number of hydrazine groups is 1. The van der Waals surface area contributed by atoms with Gasteiger partial charge in [0, 0.05) is 57.8 Å². The summed E-state index contributed by atoms with van der Waals surface area (Å²) < 4.78 is 0. The van der Waals surface area contributed by atoms with Crippen LogP contribution in [-0.2, 0) is 6.42 Å². The highest BCUT2D eigenvalue weighted by molar-refractivity contribution is 5.34. The van der Waals surface area contributed by atoms with E-state index < -0.39 is 0 Å². The van der Waals surface area contributed by atoms with Crippen molar-refractivity contribution in [2.75, 3.05) is 45.9 Å². The summed E-state index contributed by atoms with van der Waals surface area (Å²) in [6, 6.07) is 18.3. The minimum absolute atomic E-state index is 0.262. The number of aryl methyl sites for hydroxylation is 2. The van der Waals surface area contributed by atoms with Crippen LogP contribution in [0.15, 0.2) is 48.5 Å². The van der Waals surface area contributed by atoms with Gasteiger partial charge in [-0.25, -0.2) is 5.43 Å². The molecular weight excluding hydrogens is 384 g/mol. The molecule has 4 rings (SSSR count). The molecule has 2 aromatic carbocycles. The van der Waals surface area contributed by atoms with Crippen LogP contribution in [0.4, 0.5) is 0 Å². The van der Waals surface area contributed by atoms with Gasteiger partial charge in [-0.1, -0.05) is 54.1 Å². The van der Waals surface area contributed by atoms with Crippen molar-refractivity contribution >= 4 is 0 Å². The van der Waals surface area contributed by atoms with Crippen LogP contribution in [0.1, 0.15) is 34.7 Å². The van der Waals surface area contributed by atoms with Crippen LogP contribution in [0.3, 0.4) is 0 Å². The van der Waals surface area contributed by atoms with E-state index in [-0.39, 0.29) is 6.61 Å². The van der Waals surface area contributed by atoms with Crippen molar-refractivity contribution in [3.63, 3.8) is 0 Å². The molecule has 3 unspecified atom stereocenters. The fraction of sp³-hybridized carbons (Fsp3) is 0.538. The smallest absolute Gasteiger partial charge is 0.0518 e. The number of nitrogens with zero attached hydrogens (tertiary/aromatic N) is 2. The number of aliphatic hydroxyl groups is 1. The van der Waals surface area contributed by atoms with E-state index >= 15 is 0 Å². The lowest BCUT2D eigenvalue weighted by Gasteiger charge is -2.42. The van der Waals surface area contributed by atoms with Crippen LogP contribution < -0.4 is 10.9 Å². The van der Waals surface area contributed by atoms with Crippen molar-refractivity contribution in [3.05, 3.63) is 70.8 Å². The minimum Gasteiger partial charge on any atom is -0.396 e. The summed E-state index contributed by atoms with van der Waals surface area (Å²) in [6.07, 6.45) is 1.93. The molecule has 0 saturated carbocycles. The summed E-state index contributed by atoms with van der Waals surface area (Å²) in [7, 11) is 0. The Labute approximate surface area is 187 Å². The van der Waals surface area contributed by atoms with Crippen LogP contribution in [0.5, 0.6) is 0 Å². The van der Waals surface area contributed by atoms with E-state index in [1.807, 2.05) is 0 Å². The highest BCUT2D eigenvalue weighted by Crippen LogP contribution is 2.29. The van der Waals surface area contributed by atoms with E-state index in [2.05, 4.69) is 83.0 Å². The fourth-order valence-corrected chi connectivity index (χ4v) is 5.22. The largest absolute Gasteiger partial charge is 0.396 e. The van der Waals surface area contributed by atoms with Crippen molar-refractivity contribution in [1.29, 1.82) is 0 Å². The zero-order chi connectivity index (χ0) is 21.6. The normalized spacial score (nSPS) is 25.2. The van der Waals surface area contributed by atoms with Gasteiger partial charge in [0.2, 0.25) is 0 Å². The van der Waals surface area contributed by atoms with Crippen LogP contribution in [0.2, 0.25) is 0 Å². The lowest BCUT2D eigenvalue weighted by atomic mass is 9.90. The molecule has 168 valence electrons. The maximum Gasteiger partial charge on any atom is 0.0518 e. The second kappa shape index (κ2) is 10.7. The van der Waals surface area contributed by atoms with Gasteiger partial charge in [-0.15, -0.1) is 0 Å². The minimum atomic E-state index is 0.262. The topological polar surface area (TPSA) is 50.8 Å². The molecule has 3 atom stereocenters. The molecule has 0 spiro atoms. The van der Waals surface area contributed by atoms with Crippen molar-refractivity contribution in [1.82, 2.24) is 20.7 Å². The summed E-state index contributed by atoms with van der Waals surface area (Å²) in [4.78, 5) is 5.21. The van der Waals surface area contributed by atoms with Gasteiger partial charge in [-0.2, -0.15) is 0 Å². The molecule has 31 heavy (non-hydrogen) atoms.